The van der Waals surface area contributed by atoms with Crippen LogP contribution in [0.3, 0.4) is 0 Å². The van der Waals surface area contributed by atoms with Gasteiger partial charge in [0.2, 0.25) is 0 Å². The fourth-order valence-electron chi connectivity index (χ4n) is 7.90. The topological polar surface area (TPSA) is 191 Å². The number of aliphatic hydroxyl groups is 1. The summed E-state index contributed by atoms with van der Waals surface area (Å²) in [6.07, 6.45) is -28.5. The van der Waals surface area contributed by atoms with Crippen LogP contribution in [0.4, 0.5) is 83.4 Å². The third-order valence-corrected chi connectivity index (χ3v) is 13.2. The molecule has 0 fully saturated rings. The quantitative estimate of drug-likeness (QED) is 0.0451. The van der Waals surface area contributed by atoms with Gasteiger partial charge in [-0.25, -0.2) is 4.39 Å². The van der Waals surface area contributed by atoms with Crippen LogP contribution in [0.5, 0.6) is 0 Å². The standard InChI is InChI=1S/C51H65F19O11/c1-3-4-5-6-7-8-9-10-11-41(43(52,53)45(55,56)47(59,60)49(63,64)48(61,62)46(57,58)44(54,50(65,66)67)51(68,69)70)42(81)30-40(80)29-28-39(79)27-26-38(78)25-24-37(77)23-22-36(76)21-20-35(75)19-18-34(74)17-16-33(73)15-14-32(72)13-12-31(2)71/h41-42,81H,3-30H2,1-2H3. The molecule has 0 aromatic rings. The average molecular weight is 1220 g/mol. The van der Waals surface area contributed by atoms with E-state index in [0.717, 1.165) is 6.42 Å². The first-order valence-corrected chi connectivity index (χ1v) is 25.8. The van der Waals surface area contributed by atoms with Crippen LogP contribution in [0.25, 0.3) is 0 Å². The lowest BCUT2D eigenvalue weighted by Gasteiger charge is -2.46. The normalized spacial score (nSPS) is 14.1. The molecular formula is C51H65F19O11. The molecule has 0 bridgehead atoms. The highest BCUT2D eigenvalue weighted by Crippen LogP contribution is 2.67. The van der Waals surface area contributed by atoms with Gasteiger partial charge in [0.15, 0.2) is 0 Å². The number of Topliss-reactive ketones (excluding diaryl/α,β-unsaturated/α-hetero) is 10. The second-order valence-electron chi connectivity index (χ2n) is 19.8. The van der Waals surface area contributed by atoms with Crippen molar-refractivity contribution in [2.45, 2.75) is 253 Å². The Morgan fingerprint density at radius 2 is 0.556 bits per heavy atom. The van der Waals surface area contributed by atoms with Crippen molar-refractivity contribution in [2.75, 3.05) is 0 Å². The third kappa shape index (κ3) is 21.8. The zero-order chi connectivity index (χ0) is 63.2. The van der Waals surface area contributed by atoms with Gasteiger partial charge in [-0.05, 0) is 13.3 Å². The molecule has 0 aliphatic heterocycles. The highest BCUT2D eigenvalue weighted by Gasteiger charge is 2.98. The summed E-state index contributed by atoms with van der Waals surface area (Å²) in [5.41, 5.74) is -8.91. The molecule has 81 heavy (non-hydrogen) atoms. The molecule has 2 atom stereocenters. The van der Waals surface area contributed by atoms with Crippen molar-refractivity contribution in [3.63, 3.8) is 0 Å². The number of hydrogen-bond donors (Lipinski definition) is 1. The fraction of sp³-hybridized carbons (Fsp3) is 0.804. The summed E-state index contributed by atoms with van der Waals surface area (Å²) >= 11 is 0. The summed E-state index contributed by atoms with van der Waals surface area (Å²) in [4.78, 5) is 121. The average Bonchev–Trinajstić information content (AvgIpc) is 3.56. The van der Waals surface area contributed by atoms with Crippen LogP contribution in [0.15, 0.2) is 0 Å². The maximum Gasteiger partial charge on any atom is 0.438 e. The Morgan fingerprint density at radius 3 is 0.827 bits per heavy atom. The molecule has 0 aliphatic rings. The lowest BCUT2D eigenvalue weighted by Crippen LogP contribution is -2.78. The van der Waals surface area contributed by atoms with E-state index in [9.17, 15) is 119 Å². The predicted molar refractivity (Wildman–Crippen MR) is 246 cm³/mol. The number of alkyl halides is 19. The minimum atomic E-state index is -9.24. The summed E-state index contributed by atoms with van der Waals surface area (Å²) in [7, 11) is 0. The number of aliphatic hydroxyl groups excluding tert-OH is 1. The van der Waals surface area contributed by atoms with Gasteiger partial charge in [0.05, 0.1) is 12.0 Å². The first kappa shape index (κ1) is 76.3. The molecule has 0 aromatic carbocycles. The van der Waals surface area contributed by atoms with E-state index in [4.69, 9.17) is 0 Å². The predicted octanol–water partition coefficient (Wildman–Crippen LogP) is 13.3. The van der Waals surface area contributed by atoms with Crippen LogP contribution in [0, 0.1) is 5.92 Å². The Morgan fingerprint density at radius 1 is 0.321 bits per heavy atom. The lowest BCUT2D eigenvalue weighted by molar-refractivity contribution is -0.474. The highest BCUT2D eigenvalue weighted by molar-refractivity contribution is 5.94. The van der Waals surface area contributed by atoms with Gasteiger partial charge in [-0.2, -0.15) is 79.0 Å². The van der Waals surface area contributed by atoms with Crippen molar-refractivity contribution in [2.24, 2.45) is 5.92 Å². The van der Waals surface area contributed by atoms with Gasteiger partial charge < -0.3 is 9.90 Å². The molecule has 0 radical (unpaired) electrons. The van der Waals surface area contributed by atoms with Crippen LogP contribution in [-0.2, 0) is 47.9 Å². The van der Waals surface area contributed by atoms with Crippen LogP contribution < -0.4 is 0 Å². The Kier molecular flexibility index (Phi) is 30.5. The molecule has 1 N–H and O–H groups in total. The summed E-state index contributed by atoms with van der Waals surface area (Å²) in [5, 5.41) is 10.5. The van der Waals surface area contributed by atoms with Gasteiger partial charge in [0.25, 0.3) is 0 Å². The van der Waals surface area contributed by atoms with E-state index in [0.29, 0.717) is 25.7 Å². The maximum atomic E-state index is 15.6. The monoisotopic (exact) mass is 1210 g/mol. The van der Waals surface area contributed by atoms with Gasteiger partial charge in [0.1, 0.15) is 57.8 Å². The molecule has 11 nitrogen and oxygen atoms in total. The maximum absolute atomic E-state index is 15.6. The smallest absolute Gasteiger partial charge is 0.392 e. The molecule has 0 spiro atoms. The van der Waals surface area contributed by atoms with E-state index >= 15 is 17.6 Å². The van der Waals surface area contributed by atoms with E-state index in [-0.39, 0.29) is 107 Å². The van der Waals surface area contributed by atoms with Gasteiger partial charge in [-0.1, -0.05) is 58.3 Å². The third-order valence-electron chi connectivity index (χ3n) is 13.2. The van der Waals surface area contributed by atoms with Crippen LogP contribution in [-0.4, -0.2) is 123 Å². The van der Waals surface area contributed by atoms with Crippen LogP contribution >= 0.6 is 0 Å². The molecule has 2 unspecified atom stereocenters. The molecule has 30 heteroatoms. The zero-order valence-corrected chi connectivity index (χ0v) is 44.2. The lowest BCUT2D eigenvalue weighted by atomic mass is 9.78. The van der Waals surface area contributed by atoms with Crippen molar-refractivity contribution in [3.8, 4) is 0 Å². The second-order valence-corrected chi connectivity index (χ2v) is 19.8. The zero-order valence-electron chi connectivity index (χ0n) is 44.2. The van der Waals surface area contributed by atoms with E-state index < -0.39 is 164 Å². The van der Waals surface area contributed by atoms with Crippen molar-refractivity contribution >= 4 is 57.8 Å². The minimum absolute atomic E-state index is 0.00571. The van der Waals surface area contributed by atoms with Gasteiger partial charge >= 0.3 is 53.6 Å². The Bertz CT molecular complexity index is 2140. The van der Waals surface area contributed by atoms with E-state index in [1.807, 2.05) is 6.92 Å². The summed E-state index contributed by atoms with van der Waals surface area (Å²) in [5.74, 6) is -61.8. The number of carbonyl (C=O) groups excluding carboxylic acids is 10. The number of halogens is 19. The highest BCUT2D eigenvalue weighted by atomic mass is 19.4. The second kappa shape index (κ2) is 32.4. The molecule has 0 saturated carbocycles. The number of carbonyl (C=O) groups is 10. The first-order valence-electron chi connectivity index (χ1n) is 25.8. The molecule has 0 saturated heterocycles. The summed E-state index contributed by atoms with van der Waals surface area (Å²) in [6, 6.07) is 0. The number of unbranched alkanes of at least 4 members (excludes halogenated alkanes) is 7. The number of rotatable bonds is 46. The van der Waals surface area contributed by atoms with Crippen LogP contribution in [0.1, 0.15) is 194 Å². The summed E-state index contributed by atoms with van der Waals surface area (Å²) < 4.78 is 269. The Hall–Kier alpha value is -4.67. The minimum Gasteiger partial charge on any atom is -0.392 e. The molecular weight excluding hydrogens is 1150 g/mol. The number of ketones is 10. The first-order chi connectivity index (χ1) is 36.8. The van der Waals surface area contributed by atoms with Crippen molar-refractivity contribution in [1.82, 2.24) is 0 Å². The van der Waals surface area contributed by atoms with Crippen LogP contribution in [0.2, 0.25) is 0 Å². The molecule has 0 heterocycles. The molecule has 0 amide bonds. The van der Waals surface area contributed by atoms with E-state index in [1.165, 1.54) is 6.92 Å². The SMILES string of the molecule is CCCCCCCCCCC(C(O)CC(=O)CCC(=O)CCC(=O)CCC(=O)CCC(=O)CCC(=O)CCC(=O)CCC(=O)CCC(=O)CCC(C)=O)C(F)(F)C(F)(F)C(F)(F)C(F)(F)C(F)(F)C(F)(F)C(F)(C(F)(F)F)C(F)(F)F. The molecule has 468 valence electrons. The Labute approximate surface area is 453 Å². The van der Waals surface area contributed by atoms with Gasteiger partial charge in [-0.15, -0.1) is 0 Å². The fourth-order valence-corrected chi connectivity index (χ4v) is 7.90. The molecule has 0 aliphatic carbocycles. The molecule has 0 rings (SSSR count). The van der Waals surface area contributed by atoms with Crippen molar-refractivity contribution in [1.29, 1.82) is 0 Å². The molecule has 0 aromatic heterocycles. The Balaban J connectivity index is 5.58. The number of hydrogen-bond acceptors (Lipinski definition) is 11. The van der Waals surface area contributed by atoms with E-state index in [2.05, 4.69) is 0 Å². The van der Waals surface area contributed by atoms with Crippen molar-refractivity contribution < 1.29 is 136 Å². The van der Waals surface area contributed by atoms with E-state index in [1.54, 1.807) is 0 Å². The summed E-state index contributed by atoms with van der Waals surface area (Å²) in [6.45, 7) is 3.13. The van der Waals surface area contributed by atoms with Crippen molar-refractivity contribution in [3.05, 3.63) is 0 Å². The van der Waals surface area contributed by atoms with Gasteiger partial charge in [0, 0.05) is 122 Å². The largest absolute Gasteiger partial charge is 0.438 e. The van der Waals surface area contributed by atoms with Gasteiger partial charge in [-0.3, -0.25) is 43.2 Å².